The second-order valence-electron chi connectivity index (χ2n) is 4.43. The Morgan fingerprint density at radius 1 is 1.29 bits per heavy atom. The number of thiocarbonyl (C=S) groups is 1. The maximum absolute atomic E-state index is 11.7. The van der Waals surface area contributed by atoms with E-state index in [9.17, 15) is 4.79 Å². The van der Waals surface area contributed by atoms with E-state index in [2.05, 4.69) is 10.6 Å². The molecule has 17 heavy (non-hydrogen) atoms. The minimum Gasteiger partial charge on any atom is -0.391 e. The summed E-state index contributed by atoms with van der Waals surface area (Å²) in [7, 11) is 0. The monoisotopic (exact) mass is 251 g/mol. The number of nitrogens with two attached hydrogens (primary N) is 1. The maximum Gasteiger partial charge on any atom is 0.319 e. The molecule has 0 saturated carbocycles. The first-order valence-corrected chi connectivity index (χ1v) is 5.68. The average molecular weight is 251 g/mol. The normalized spacial score (nSPS) is 10.8. The number of hydrogen-bond donors (Lipinski definition) is 3. The molecule has 92 valence electrons. The molecule has 0 bridgehead atoms. The first-order chi connectivity index (χ1) is 7.81. The molecule has 0 heterocycles. The lowest BCUT2D eigenvalue weighted by Crippen LogP contribution is -2.53. The summed E-state index contributed by atoms with van der Waals surface area (Å²) < 4.78 is 0. The topological polar surface area (TPSA) is 67.2 Å². The fraction of sp³-hybridized carbons (Fsp3) is 0.333. The van der Waals surface area contributed by atoms with Crippen molar-refractivity contribution in [2.45, 2.75) is 26.3 Å². The molecule has 4 nitrogen and oxygen atoms in total. The Morgan fingerprint density at radius 2 is 1.82 bits per heavy atom. The van der Waals surface area contributed by atoms with Crippen molar-refractivity contribution in [2.75, 3.05) is 5.32 Å². The second-order valence-corrected chi connectivity index (χ2v) is 4.87. The lowest BCUT2D eigenvalue weighted by molar-refractivity contribution is 0.247. The molecule has 0 unspecified atom stereocenters. The highest BCUT2D eigenvalue weighted by Crippen LogP contribution is 2.09. The van der Waals surface area contributed by atoms with E-state index < -0.39 is 5.54 Å². The first kappa shape index (κ1) is 13.4. The molecule has 0 spiro atoms. The summed E-state index contributed by atoms with van der Waals surface area (Å²) in [6, 6.07) is 7.19. The van der Waals surface area contributed by atoms with Crippen LogP contribution in [0.2, 0.25) is 0 Å². The predicted octanol–water partition coefficient (Wildman–Crippen LogP) is 2.18. The fourth-order valence-corrected chi connectivity index (χ4v) is 1.20. The smallest absolute Gasteiger partial charge is 0.319 e. The largest absolute Gasteiger partial charge is 0.391 e. The molecule has 2 amide bonds. The molecule has 0 aliphatic heterocycles. The van der Waals surface area contributed by atoms with Crippen LogP contribution in [0.5, 0.6) is 0 Å². The van der Waals surface area contributed by atoms with Gasteiger partial charge in [0.25, 0.3) is 0 Å². The maximum atomic E-state index is 11.7. The van der Waals surface area contributed by atoms with E-state index in [0.717, 1.165) is 11.3 Å². The summed E-state index contributed by atoms with van der Waals surface area (Å²) in [5.74, 6) is 0. The van der Waals surface area contributed by atoms with E-state index in [1.807, 2.05) is 31.2 Å². The summed E-state index contributed by atoms with van der Waals surface area (Å²) in [6.07, 6.45) is 0. The van der Waals surface area contributed by atoms with Crippen LogP contribution in [0.25, 0.3) is 0 Å². The molecule has 0 radical (unpaired) electrons. The van der Waals surface area contributed by atoms with Crippen molar-refractivity contribution in [1.82, 2.24) is 5.32 Å². The van der Waals surface area contributed by atoms with Gasteiger partial charge in [0.15, 0.2) is 0 Å². The number of aryl methyl sites for hydroxylation is 1. The zero-order valence-electron chi connectivity index (χ0n) is 10.2. The van der Waals surface area contributed by atoms with Crippen molar-refractivity contribution in [3.63, 3.8) is 0 Å². The number of hydrogen-bond acceptors (Lipinski definition) is 2. The van der Waals surface area contributed by atoms with Crippen molar-refractivity contribution >= 4 is 28.9 Å². The van der Waals surface area contributed by atoms with Crippen LogP contribution < -0.4 is 16.4 Å². The van der Waals surface area contributed by atoms with E-state index in [-0.39, 0.29) is 11.0 Å². The highest BCUT2D eigenvalue weighted by molar-refractivity contribution is 7.80. The van der Waals surface area contributed by atoms with Crippen LogP contribution in [0.15, 0.2) is 24.3 Å². The summed E-state index contributed by atoms with van der Waals surface area (Å²) in [5.41, 5.74) is 6.68. The predicted molar refractivity (Wildman–Crippen MR) is 74.2 cm³/mol. The van der Waals surface area contributed by atoms with E-state index >= 15 is 0 Å². The molecule has 0 fully saturated rings. The molecule has 1 aromatic carbocycles. The van der Waals surface area contributed by atoms with Crippen molar-refractivity contribution in [1.29, 1.82) is 0 Å². The Morgan fingerprint density at radius 3 is 2.29 bits per heavy atom. The molecule has 0 atom stereocenters. The summed E-state index contributed by atoms with van der Waals surface area (Å²) in [6.45, 7) is 5.49. The number of amides is 2. The van der Waals surface area contributed by atoms with Crippen molar-refractivity contribution in [3.05, 3.63) is 29.8 Å². The zero-order valence-corrected chi connectivity index (χ0v) is 11.0. The summed E-state index contributed by atoms with van der Waals surface area (Å²) in [5, 5.41) is 5.42. The van der Waals surface area contributed by atoms with Crippen molar-refractivity contribution in [3.8, 4) is 0 Å². The van der Waals surface area contributed by atoms with Gasteiger partial charge >= 0.3 is 6.03 Å². The van der Waals surface area contributed by atoms with Gasteiger partial charge in [-0.25, -0.2) is 4.79 Å². The minimum atomic E-state index is -0.704. The highest BCUT2D eigenvalue weighted by atomic mass is 32.1. The zero-order chi connectivity index (χ0) is 13.1. The quantitative estimate of drug-likeness (QED) is 0.721. The molecular weight excluding hydrogens is 234 g/mol. The fourth-order valence-electron chi connectivity index (χ4n) is 1.14. The van der Waals surface area contributed by atoms with Gasteiger partial charge in [0.2, 0.25) is 0 Å². The van der Waals surface area contributed by atoms with Gasteiger partial charge in [0.1, 0.15) is 0 Å². The molecule has 1 aromatic rings. The first-order valence-electron chi connectivity index (χ1n) is 5.27. The van der Waals surface area contributed by atoms with Crippen LogP contribution in [0.1, 0.15) is 19.4 Å². The summed E-state index contributed by atoms with van der Waals surface area (Å²) >= 11 is 4.87. The number of benzene rings is 1. The average Bonchev–Trinajstić information content (AvgIpc) is 2.20. The SMILES string of the molecule is Cc1ccc(NC(=O)NC(C)(C)C(N)=S)cc1. The molecule has 1 rings (SSSR count). The standard InChI is InChI=1S/C12H17N3OS/c1-8-4-6-9(7-5-8)14-11(16)15-12(2,3)10(13)17/h4-7H,1-3H3,(H2,13,17)(H2,14,15,16). The third kappa shape index (κ3) is 4.03. The Hall–Kier alpha value is -1.62. The van der Waals surface area contributed by atoms with E-state index in [1.165, 1.54) is 0 Å². The van der Waals surface area contributed by atoms with Crippen LogP contribution in [-0.2, 0) is 0 Å². The van der Waals surface area contributed by atoms with Gasteiger partial charge in [-0.05, 0) is 32.9 Å². The third-order valence-electron chi connectivity index (χ3n) is 2.35. The van der Waals surface area contributed by atoms with Crippen LogP contribution in [-0.4, -0.2) is 16.6 Å². The molecule has 0 aliphatic rings. The van der Waals surface area contributed by atoms with Gasteiger partial charge in [-0.2, -0.15) is 0 Å². The molecular formula is C12H17N3OS. The van der Waals surface area contributed by atoms with Gasteiger partial charge in [-0.3, -0.25) is 0 Å². The van der Waals surface area contributed by atoms with Gasteiger partial charge < -0.3 is 16.4 Å². The minimum absolute atomic E-state index is 0.247. The summed E-state index contributed by atoms with van der Waals surface area (Å²) in [4.78, 5) is 11.9. The van der Waals surface area contributed by atoms with E-state index in [1.54, 1.807) is 13.8 Å². The van der Waals surface area contributed by atoms with Crippen LogP contribution >= 0.6 is 12.2 Å². The molecule has 0 aromatic heterocycles. The Labute approximate surface area is 107 Å². The lowest BCUT2D eigenvalue weighted by Gasteiger charge is -2.24. The number of anilines is 1. The third-order valence-corrected chi connectivity index (χ3v) is 2.86. The van der Waals surface area contributed by atoms with Gasteiger partial charge in [-0.15, -0.1) is 0 Å². The van der Waals surface area contributed by atoms with E-state index in [4.69, 9.17) is 18.0 Å². The number of nitrogens with one attached hydrogen (secondary N) is 2. The Balaban J connectivity index is 2.62. The highest BCUT2D eigenvalue weighted by Gasteiger charge is 2.23. The lowest BCUT2D eigenvalue weighted by atomic mass is 10.1. The van der Waals surface area contributed by atoms with Crippen molar-refractivity contribution < 1.29 is 4.79 Å². The van der Waals surface area contributed by atoms with Crippen LogP contribution in [0.3, 0.4) is 0 Å². The van der Waals surface area contributed by atoms with E-state index in [0.29, 0.717) is 0 Å². The Kier molecular flexibility index (Phi) is 4.07. The number of carbonyl (C=O) groups is 1. The number of carbonyl (C=O) groups excluding carboxylic acids is 1. The molecule has 0 aliphatic carbocycles. The van der Waals surface area contributed by atoms with Crippen molar-refractivity contribution in [2.24, 2.45) is 5.73 Å². The van der Waals surface area contributed by atoms with Crippen LogP contribution in [0.4, 0.5) is 10.5 Å². The van der Waals surface area contributed by atoms with Gasteiger partial charge in [0, 0.05) is 5.69 Å². The number of rotatable bonds is 3. The number of urea groups is 1. The second kappa shape index (κ2) is 5.14. The molecule has 0 saturated heterocycles. The van der Waals surface area contributed by atoms with Gasteiger partial charge in [0.05, 0.1) is 10.5 Å². The van der Waals surface area contributed by atoms with Crippen LogP contribution in [0, 0.1) is 6.92 Å². The molecule has 5 heteroatoms. The van der Waals surface area contributed by atoms with Gasteiger partial charge in [-0.1, -0.05) is 29.9 Å². The molecule has 4 N–H and O–H groups in total. The Bertz CT molecular complexity index is 426.